The number of carbonyl (C=O) groups is 1. The summed E-state index contributed by atoms with van der Waals surface area (Å²) in [5.41, 5.74) is 1.31. The molecule has 2 amide bonds. The van der Waals surface area contributed by atoms with E-state index in [-0.39, 0.29) is 22.7 Å². The van der Waals surface area contributed by atoms with E-state index < -0.39 is 33.5 Å². The molecule has 34 heavy (non-hydrogen) atoms. The largest absolute Gasteiger partial charge is 0.324 e. The van der Waals surface area contributed by atoms with Crippen molar-refractivity contribution in [1.29, 1.82) is 0 Å². The maximum atomic E-state index is 14.1. The number of benzene rings is 3. The Morgan fingerprint density at radius 1 is 0.912 bits per heavy atom. The zero-order valence-electron chi connectivity index (χ0n) is 18.3. The first-order valence-electron chi connectivity index (χ1n) is 10.5. The van der Waals surface area contributed by atoms with Crippen molar-refractivity contribution < 1.29 is 26.4 Å². The number of aryl methyl sites for hydroxylation is 1. The lowest BCUT2D eigenvalue weighted by Crippen LogP contribution is -2.49. The molecule has 10 heteroatoms. The van der Waals surface area contributed by atoms with Crippen LogP contribution in [0.2, 0.25) is 0 Å². The van der Waals surface area contributed by atoms with Crippen LogP contribution in [0.3, 0.4) is 0 Å². The molecule has 6 nitrogen and oxygen atoms in total. The Bertz CT molecular complexity index is 1330. The third kappa shape index (κ3) is 5.01. The number of anilines is 2. The van der Waals surface area contributed by atoms with Gasteiger partial charge in [-0.05, 0) is 73.5 Å². The number of nitrogens with one attached hydrogen (secondary N) is 1. The molecule has 1 aliphatic rings. The lowest BCUT2D eigenvalue weighted by Gasteiger charge is -2.36. The predicted molar refractivity (Wildman–Crippen MR) is 123 cm³/mol. The highest BCUT2D eigenvalue weighted by Gasteiger charge is 2.30. The second kappa shape index (κ2) is 9.38. The number of hydrogen-bond acceptors (Lipinski definition) is 3. The Morgan fingerprint density at radius 2 is 1.62 bits per heavy atom. The van der Waals surface area contributed by atoms with Gasteiger partial charge in [0, 0.05) is 18.7 Å². The summed E-state index contributed by atoms with van der Waals surface area (Å²) in [5, 5.41) is 0. The summed E-state index contributed by atoms with van der Waals surface area (Å²) in [7, 11) is -4.06. The second-order valence-corrected chi connectivity index (χ2v) is 9.71. The highest BCUT2D eigenvalue weighted by Crippen LogP contribution is 2.32. The van der Waals surface area contributed by atoms with Crippen LogP contribution in [0.4, 0.5) is 29.3 Å². The summed E-state index contributed by atoms with van der Waals surface area (Å²) < 4.78 is 69.2. The molecule has 1 saturated heterocycles. The van der Waals surface area contributed by atoms with E-state index in [4.69, 9.17) is 0 Å². The van der Waals surface area contributed by atoms with Crippen molar-refractivity contribution in [3.05, 3.63) is 89.2 Å². The number of nitrogens with zero attached hydrogens (tertiary/aromatic N) is 2. The average molecular weight is 490 g/mol. The number of urea groups is 1. The van der Waals surface area contributed by atoms with Gasteiger partial charge in [-0.3, -0.25) is 9.62 Å². The van der Waals surface area contributed by atoms with Gasteiger partial charge >= 0.3 is 6.03 Å². The van der Waals surface area contributed by atoms with E-state index in [0.717, 1.165) is 48.0 Å². The molecule has 4 rings (SSSR count). The first-order chi connectivity index (χ1) is 16.1. The van der Waals surface area contributed by atoms with Crippen LogP contribution in [0.1, 0.15) is 17.5 Å². The van der Waals surface area contributed by atoms with Crippen molar-refractivity contribution in [2.45, 2.75) is 24.8 Å². The molecule has 0 aliphatic carbocycles. The van der Waals surface area contributed by atoms with Gasteiger partial charge in [0.05, 0.1) is 22.8 Å². The van der Waals surface area contributed by atoms with E-state index in [2.05, 4.69) is 4.72 Å². The van der Waals surface area contributed by atoms with E-state index in [1.165, 1.54) is 9.80 Å². The van der Waals surface area contributed by atoms with Gasteiger partial charge in [-0.15, -0.1) is 0 Å². The van der Waals surface area contributed by atoms with Gasteiger partial charge in [-0.1, -0.05) is 6.07 Å². The number of amides is 2. The fourth-order valence-electron chi connectivity index (χ4n) is 3.81. The van der Waals surface area contributed by atoms with Gasteiger partial charge in [0.15, 0.2) is 0 Å². The van der Waals surface area contributed by atoms with Crippen molar-refractivity contribution >= 4 is 27.4 Å². The number of sulfonamides is 1. The smallest absolute Gasteiger partial charge is 0.320 e. The molecule has 1 fully saturated rings. The van der Waals surface area contributed by atoms with E-state index >= 15 is 0 Å². The SMILES string of the molecule is Cc1ccc(N2CCCN(Cc3cc(F)ccc3F)C2=O)c(NS(=O)(=O)c2ccc(F)cc2)c1. The van der Waals surface area contributed by atoms with Crippen molar-refractivity contribution in [3.63, 3.8) is 0 Å². The minimum absolute atomic E-state index is 0.0522. The van der Waals surface area contributed by atoms with Crippen LogP contribution in [0.25, 0.3) is 0 Å². The van der Waals surface area contributed by atoms with Gasteiger partial charge < -0.3 is 4.90 Å². The fourth-order valence-corrected chi connectivity index (χ4v) is 4.87. The molecule has 0 radical (unpaired) electrons. The van der Waals surface area contributed by atoms with Gasteiger partial charge in [-0.25, -0.2) is 26.4 Å². The van der Waals surface area contributed by atoms with Gasteiger partial charge in [0.25, 0.3) is 10.0 Å². The zero-order chi connectivity index (χ0) is 24.5. The monoisotopic (exact) mass is 489 g/mol. The van der Waals surface area contributed by atoms with E-state index in [1.54, 1.807) is 25.1 Å². The van der Waals surface area contributed by atoms with Crippen LogP contribution < -0.4 is 9.62 Å². The average Bonchev–Trinajstić information content (AvgIpc) is 2.78. The zero-order valence-corrected chi connectivity index (χ0v) is 19.1. The molecule has 1 heterocycles. The van der Waals surface area contributed by atoms with E-state index in [1.807, 2.05) is 0 Å². The van der Waals surface area contributed by atoms with Crippen LogP contribution in [-0.4, -0.2) is 32.4 Å². The maximum Gasteiger partial charge on any atom is 0.324 e. The van der Waals surface area contributed by atoms with Gasteiger partial charge in [0.2, 0.25) is 0 Å². The Balaban J connectivity index is 1.63. The second-order valence-electron chi connectivity index (χ2n) is 8.03. The Kier molecular flexibility index (Phi) is 6.52. The lowest BCUT2D eigenvalue weighted by atomic mass is 10.1. The molecular weight excluding hydrogens is 467 g/mol. The summed E-state index contributed by atoms with van der Waals surface area (Å²) in [5.74, 6) is -1.79. The predicted octanol–water partition coefficient (Wildman–Crippen LogP) is 5.05. The maximum absolute atomic E-state index is 14.1. The van der Waals surface area contributed by atoms with Crippen LogP contribution in [0.15, 0.2) is 65.6 Å². The molecule has 0 atom stereocenters. The Labute approximate surface area is 195 Å². The van der Waals surface area contributed by atoms with Crippen molar-refractivity contribution in [2.75, 3.05) is 22.7 Å². The molecule has 0 bridgehead atoms. The van der Waals surface area contributed by atoms with Crippen LogP contribution in [-0.2, 0) is 16.6 Å². The van der Waals surface area contributed by atoms with Crippen molar-refractivity contribution in [2.24, 2.45) is 0 Å². The molecule has 1 aliphatic heterocycles. The quantitative estimate of drug-likeness (QED) is 0.527. The molecular formula is C24H22F3N3O3S. The molecule has 3 aromatic carbocycles. The molecule has 178 valence electrons. The Morgan fingerprint density at radius 3 is 2.35 bits per heavy atom. The topological polar surface area (TPSA) is 69.7 Å². The summed E-state index contributed by atoms with van der Waals surface area (Å²) >= 11 is 0. The molecule has 0 saturated carbocycles. The first-order valence-corrected chi connectivity index (χ1v) is 12.0. The van der Waals surface area contributed by atoms with Crippen LogP contribution in [0.5, 0.6) is 0 Å². The number of halogens is 3. The van der Waals surface area contributed by atoms with E-state index in [0.29, 0.717) is 25.2 Å². The first kappa shape index (κ1) is 23.6. The molecule has 3 aromatic rings. The molecule has 0 unspecified atom stereocenters. The summed E-state index contributed by atoms with van der Waals surface area (Å²) in [6.45, 7) is 2.31. The molecule has 0 spiro atoms. The molecule has 0 aromatic heterocycles. The molecule has 1 N–H and O–H groups in total. The number of hydrogen-bond donors (Lipinski definition) is 1. The van der Waals surface area contributed by atoms with Crippen LogP contribution >= 0.6 is 0 Å². The Hall–Kier alpha value is -3.53. The highest BCUT2D eigenvalue weighted by molar-refractivity contribution is 7.92. The summed E-state index contributed by atoms with van der Waals surface area (Å²) in [4.78, 5) is 15.9. The fraction of sp³-hybridized carbons (Fsp3) is 0.208. The van der Waals surface area contributed by atoms with Gasteiger partial charge in [0.1, 0.15) is 17.5 Å². The van der Waals surface area contributed by atoms with Crippen LogP contribution in [0, 0.1) is 24.4 Å². The van der Waals surface area contributed by atoms with E-state index in [9.17, 15) is 26.4 Å². The normalized spacial score (nSPS) is 14.4. The minimum Gasteiger partial charge on any atom is -0.320 e. The lowest BCUT2D eigenvalue weighted by molar-refractivity contribution is 0.191. The third-order valence-electron chi connectivity index (χ3n) is 5.49. The standard InChI is InChI=1S/C24H22F3N3O3S/c1-16-3-10-23(22(13-16)28-34(32,33)20-7-4-18(25)5-8-20)30-12-2-11-29(24(30)31)15-17-14-19(26)6-9-21(17)27/h3-10,13-14,28H,2,11-12,15H2,1H3. The minimum atomic E-state index is -4.06. The third-order valence-corrected chi connectivity index (χ3v) is 6.87. The number of rotatable bonds is 6. The summed E-state index contributed by atoms with van der Waals surface area (Å²) in [6, 6.07) is 12.0. The summed E-state index contributed by atoms with van der Waals surface area (Å²) in [6.07, 6.45) is 0.542. The van der Waals surface area contributed by atoms with Crippen molar-refractivity contribution in [1.82, 2.24) is 4.90 Å². The highest BCUT2D eigenvalue weighted by atomic mass is 32.2. The number of carbonyl (C=O) groups excluding carboxylic acids is 1. The van der Waals surface area contributed by atoms with Crippen molar-refractivity contribution in [3.8, 4) is 0 Å². The van der Waals surface area contributed by atoms with Gasteiger partial charge in [-0.2, -0.15) is 0 Å².